The Hall–Kier alpha value is -4.82. The molecule has 1 aliphatic heterocycles. The number of alkyl carbamates (subject to hydrolysis) is 1. The van der Waals surface area contributed by atoms with Crippen LogP contribution in [0.4, 0.5) is 4.79 Å². The minimum Gasteiger partial charge on any atom is -0.507 e. The predicted octanol–water partition coefficient (Wildman–Crippen LogP) is 3.00. The molecule has 252 valence electrons. The number of carbonyl (C=O) groups is 4. The molecule has 4 unspecified atom stereocenters. The van der Waals surface area contributed by atoms with E-state index in [-0.39, 0.29) is 41.0 Å². The summed E-state index contributed by atoms with van der Waals surface area (Å²) in [6.07, 6.45) is -6.35. The van der Waals surface area contributed by atoms with Gasteiger partial charge in [-0.25, -0.2) is 4.79 Å². The van der Waals surface area contributed by atoms with E-state index in [2.05, 4.69) is 5.32 Å². The molecule has 6 rings (SSSR count). The Morgan fingerprint density at radius 3 is 2.40 bits per heavy atom. The minimum atomic E-state index is -2.09. The van der Waals surface area contributed by atoms with Gasteiger partial charge in [-0.2, -0.15) is 0 Å². The van der Waals surface area contributed by atoms with E-state index in [0.717, 1.165) is 12.5 Å². The van der Waals surface area contributed by atoms with Gasteiger partial charge < -0.3 is 44.7 Å². The summed E-state index contributed by atoms with van der Waals surface area (Å²) >= 11 is 0. The van der Waals surface area contributed by atoms with E-state index in [1.807, 2.05) is 6.07 Å². The number of fused-ring (bicyclic) bond motifs is 3. The van der Waals surface area contributed by atoms with Crippen LogP contribution in [0.5, 0.6) is 17.2 Å². The van der Waals surface area contributed by atoms with Gasteiger partial charge in [-0.15, -0.1) is 0 Å². The standard InChI is InChI=1S/C35H35NO12/c1-16-29(38)21(36-34(43)46-15-18-8-5-4-6-9-18)12-24(47-16)48-23-14-35(44,17(2)37)13-20-26(23)33(42)28-27(31(20)40)30(39)19-10-7-11-22(45-3)25(19)32(28)41/h4-11,16,21,23-24,29,38,40,42,44H,12-15H2,1-3H3,(H,36,43)/t16?,21?,23-,24?,29?,35-/m0/s1. The summed E-state index contributed by atoms with van der Waals surface area (Å²) in [6.45, 7) is 2.71. The van der Waals surface area contributed by atoms with Crippen molar-refractivity contribution in [3.05, 3.63) is 87.5 Å². The molecule has 3 aromatic rings. The van der Waals surface area contributed by atoms with Crippen molar-refractivity contribution in [2.24, 2.45) is 0 Å². The molecule has 0 saturated carbocycles. The van der Waals surface area contributed by atoms with Crippen molar-refractivity contribution in [2.75, 3.05) is 7.11 Å². The molecule has 1 fully saturated rings. The Bertz CT molecular complexity index is 1810. The second kappa shape index (κ2) is 12.7. The summed E-state index contributed by atoms with van der Waals surface area (Å²) in [7, 11) is 1.33. The normalized spacial score (nSPS) is 26.1. The quantitative estimate of drug-likeness (QED) is 0.182. The zero-order chi connectivity index (χ0) is 34.5. The van der Waals surface area contributed by atoms with Gasteiger partial charge in [0.1, 0.15) is 35.6 Å². The van der Waals surface area contributed by atoms with E-state index < -0.39 is 95.2 Å². The number of aromatic hydroxyl groups is 2. The van der Waals surface area contributed by atoms with Gasteiger partial charge in [0, 0.05) is 36.0 Å². The fourth-order valence-corrected chi connectivity index (χ4v) is 6.68. The van der Waals surface area contributed by atoms with Crippen LogP contribution in [0.2, 0.25) is 0 Å². The number of amides is 1. The van der Waals surface area contributed by atoms with Crippen LogP contribution in [-0.2, 0) is 32.0 Å². The van der Waals surface area contributed by atoms with Crippen LogP contribution < -0.4 is 10.1 Å². The summed E-state index contributed by atoms with van der Waals surface area (Å²) < 4.78 is 22.7. The molecule has 2 aliphatic carbocycles. The summed E-state index contributed by atoms with van der Waals surface area (Å²) in [5.41, 5.74) is -2.64. The van der Waals surface area contributed by atoms with Gasteiger partial charge >= 0.3 is 6.09 Å². The first-order chi connectivity index (χ1) is 22.8. The first-order valence-corrected chi connectivity index (χ1v) is 15.4. The van der Waals surface area contributed by atoms with Crippen molar-refractivity contribution in [1.82, 2.24) is 5.32 Å². The Balaban J connectivity index is 1.33. The molecule has 6 atom stereocenters. The zero-order valence-corrected chi connectivity index (χ0v) is 26.4. The average Bonchev–Trinajstić information content (AvgIpc) is 3.06. The maximum Gasteiger partial charge on any atom is 0.407 e. The van der Waals surface area contributed by atoms with Gasteiger partial charge in [0.25, 0.3) is 0 Å². The molecule has 1 heterocycles. The molecule has 0 bridgehead atoms. The molecule has 48 heavy (non-hydrogen) atoms. The number of hydrogen-bond acceptors (Lipinski definition) is 12. The van der Waals surface area contributed by atoms with Crippen LogP contribution in [0, 0.1) is 0 Å². The second-order valence-corrected chi connectivity index (χ2v) is 12.3. The zero-order valence-electron chi connectivity index (χ0n) is 26.4. The number of rotatable bonds is 7. The third-order valence-corrected chi connectivity index (χ3v) is 9.27. The van der Waals surface area contributed by atoms with Crippen molar-refractivity contribution in [2.45, 2.75) is 76.0 Å². The lowest BCUT2D eigenvalue weighted by molar-refractivity contribution is -0.249. The largest absolute Gasteiger partial charge is 0.507 e. The molecule has 1 saturated heterocycles. The molecule has 0 radical (unpaired) electrons. The van der Waals surface area contributed by atoms with Gasteiger partial charge in [-0.3, -0.25) is 14.4 Å². The highest BCUT2D eigenvalue weighted by molar-refractivity contribution is 6.31. The van der Waals surface area contributed by atoms with Crippen molar-refractivity contribution < 1.29 is 58.6 Å². The highest BCUT2D eigenvalue weighted by Crippen LogP contribution is 2.52. The van der Waals surface area contributed by atoms with Crippen molar-refractivity contribution in [3.63, 3.8) is 0 Å². The number of phenolic OH excluding ortho intramolecular Hbond substituents is 2. The molecule has 3 aromatic carbocycles. The number of aliphatic hydroxyl groups excluding tert-OH is 1. The fraction of sp³-hybridized carbons (Fsp3) is 0.371. The number of ether oxygens (including phenoxy) is 4. The topological polar surface area (TPSA) is 198 Å². The number of carbonyl (C=O) groups excluding carboxylic acids is 4. The van der Waals surface area contributed by atoms with Gasteiger partial charge in [-0.05, 0) is 25.5 Å². The molecule has 13 heteroatoms. The lowest BCUT2D eigenvalue weighted by Gasteiger charge is -2.42. The number of phenols is 2. The van der Waals surface area contributed by atoms with Gasteiger partial charge in [0.05, 0.1) is 42.0 Å². The number of hydrogen-bond donors (Lipinski definition) is 5. The Kier molecular flexibility index (Phi) is 8.73. The molecular weight excluding hydrogens is 626 g/mol. The molecule has 3 aliphatic rings. The number of methoxy groups -OCH3 is 1. The number of ketones is 3. The van der Waals surface area contributed by atoms with E-state index in [0.29, 0.717) is 0 Å². The van der Waals surface area contributed by atoms with Crippen molar-refractivity contribution >= 4 is 23.4 Å². The lowest BCUT2D eigenvalue weighted by atomic mass is 9.72. The van der Waals surface area contributed by atoms with Crippen LogP contribution in [0.1, 0.15) is 81.3 Å². The monoisotopic (exact) mass is 661 g/mol. The highest BCUT2D eigenvalue weighted by Gasteiger charge is 2.49. The summed E-state index contributed by atoms with van der Waals surface area (Å²) in [6, 6.07) is 12.5. The van der Waals surface area contributed by atoms with Crippen LogP contribution in [0.25, 0.3) is 0 Å². The van der Waals surface area contributed by atoms with E-state index in [9.17, 15) is 39.6 Å². The molecule has 0 spiro atoms. The molecule has 13 nitrogen and oxygen atoms in total. The lowest BCUT2D eigenvalue weighted by Crippen LogP contribution is -2.55. The van der Waals surface area contributed by atoms with Gasteiger partial charge in [0.2, 0.25) is 5.78 Å². The van der Waals surface area contributed by atoms with Crippen molar-refractivity contribution in [1.29, 1.82) is 0 Å². The van der Waals surface area contributed by atoms with E-state index in [4.69, 9.17) is 18.9 Å². The Morgan fingerprint density at radius 2 is 1.71 bits per heavy atom. The SMILES string of the molecule is COc1cccc2c1C(=O)c1c(O)c3c(c(O)c1C2=O)C[C@@](O)(C(C)=O)C[C@@H]3OC1CC(NC(=O)OCc2ccccc2)C(O)C(C)O1. The first-order valence-electron chi connectivity index (χ1n) is 15.4. The van der Waals surface area contributed by atoms with Crippen LogP contribution in [0.3, 0.4) is 0 Å². The Morgan fingerprint density at radius 1 is 1.00 bits per heavy atom. The van der Waals surface area contributed by atoms with Crippen LogP contribution in [0.15, 0.2) is 48.5 Å². The second-order valence-electron chi connectivity index (χ2n) is 12.3. The number of Topliss-reactive ketones (excluding diaryl/α,β-unsaturated/α-hetero) is 1. The van der Waals surface area contributed by atoms with Gasteiger partial charge in [0.15, 0.2) is 17.9 Å². The molecule has 5 N–H and O–H groups in total. The van der Waals surface area contributed by atoms with E-state index >= 15 is 0 Å². The maximum atomic E-state index is 13.8. The van der Waals surface area contributed by atoms with Crippen LogP contribution in [-0.4, -0.2) is 81.1 Å². The van der Waals surface area contributed by atoms with E-state index in [1.54, 1.807) is 31.2 Å². The number of nitrogens with one attached hydrogen (secondary N) is 1. The summed E-state index contributed by atoms with van der Waals surface area (Å²) in [5, 5.41) is 48.1. The third-order valence-electron chi connectivity index (χ3n) is 9.27. The minimum absolute atomic E-state index is 0.00534. The molecule has 1 amide bonds. The van der Waals surface area contributed by atoms with Gasteiger partial charge in [-0.1, -0.05) is 42.5 Å². The molecule has 0 aromatic heterocycles. The van der Waals surface area contributed by atoms with E-state index in [1.165, 1.54) is 25.3 Å². The average molecular weight is 662 g/mol. The smallest absolute Gasteiger partial charge is 0.407 e. The first kappa shape index (κ1) is 33.1. The predicted molar refractivity (Wildman–Crippen MR) is 166 cm³/mol. The third kappa shape index (κ3) is 5.68. The number of benzene rings is 3. The highest BCUT2D eigenvalue weighted by atomic mass is 16.7. The number of aliphatic hydroxyl groups is 2. The van der Waals surface area contributed by atoms with Crippen LogP contribution >= 0.6 is 0 Å². The van der Waals surface area contributed by atoms with Crippen molar-refractivity contribution in [3.8, 4) is 17.2 Å². The summed E-state index contributed by atoms with van der Waals surface area (Å²) in [4.78, 5) is 52.9. The Labute approximate surface area is 275 Å². The summed E-state index contributed by atoms with van der Waals surface area (Å²) in [5.74, 6) is -3.43. The fourth-order valence-electron chi connectivity index (χ4n) is 6.68. The maximum absolute atomic E-state index is 13.8. The molecular formula is C35H35NO12.